The average molecular weight is 367 g/mol. The van der Waals surface area contributed by atoms with Crippen LogP contribution in [0.1, 0.15) is 41.2 Å². The number of hydrogen-bond donors (Lipinski definition) is 1. The van der Waals surface area contributed by atoms with Crippen LogP contribution in [-0.2, 0) is 0 Å². The van der Waals surface area contributed by atoms with E-state index in [-0.39, 0.29) is 17.2 Å². The van der Waals surface area contributed by atoms with Gasteiger partial charge in [-0.2, -0.15) is 0 Å². The van der Waals surface area contributed by atoms with Crippen molar-refractivity contribution in [1.82, 2.24) is 19.3 Å². The minimum absolute atomic E-state index is 0.0258. The molecular weight excluding hydrogens is 346 g/mol. The highest BCUT2D eigenvalue weighted by molar-refractivity contribution is 5.99. The molecule has 3 aromatic heterocycles. The van der Waals surface area contributed by atoms with Crippen LogP contribution in [0.4, 0.5) is 0 Å². The fourth-order valence-corrected chi connectivity index (χ4v) is 3.85. The molecule has 1 aliphatic heterocycles. The van der Waals surface area contributed by atoms with Gasteiger partial charge in [0.1, 0.15) is 17.7 Å². The fourth-order valence-electron chi connectivity index (χ4n) is 3.85. The van der Waals surface area contributed by atoms with Gasteiger partial charge >= 0.3 is 0 Å². The van der Waals surface area contributed by atoms with Crippen molar-refractivity contribution >= 4 is 17.5 Å². The van der Waals surface area contributed by atoms with Gasteiger partial charge in [-0.25, -0.2) is 9.97 Å². The predicted molar refractivity (Wildman–Crippen MR) is 98.1 cm³/mol. The lowest BCUT2D eigenvalue weighted by molar-refractivity contribution is 0.0615. The number of amides is 2. The lowest BCUT2D eigenvalue weighted by Crippen LogP contribution is -2.43. The Balaban J connectivity index is 1.86. The number of piperidine rings is 1. The van der Waals surface area contributed by atoms with Crippen molar-refractivity contribution in [2.45, 2.75) is 20.3 Å². The summed E-state index contributed by atoms with van der Waals surface area (Å²) in [5, 5.41) is 0. The van der Waals surface area contributed by atoms with Crippen molar-refractivity contribution < 1.29 is 14.0 Å². The van der Waals surface area contributed by atoms with Gasteiger partial charge in [-0.3, -0.25) is 14.0 Å². The number of imidazole rings is 1. The predicted octanol–water partition coefficient (Wildman–Crippen LogP) is 2.21. The molecule has 4 rings (SSSR count). The molecule has 140 valence electrons. The van der Waals surface area contributed by atoms with E-state index in [9.17, 15) is 9.59 Å². The molecule has 0 bridgehead atoms. The normalized spacial score (nSPS) is 20.1. The number of primary amides is 1. The summed E-state index contributed by atoms with van der Waals surface area (Å²) in [6, 6.07) is 5.16. The van der Waals surface area contributed by atoms with Crippen LogP contribution in [0.3, 0.4) is 0 Å². The highest BCUT2D eigenvalue weighted by Crippen LogP contribution is 2.26. The first-order chi connectivity index (χ1) is 12.9. The fraction of sp³-hybridized carbons (Fsp3) is 0.368. The van der Waals surface area contributed by atoms with Crippen LogP contribution in [0.15, 0.2) is 35.2 Å². The molecule has 4 heterocycles. The molecule has 8 heteroatoms. The van der Waals surface area contributed by atoms with Crippen LogP contribution in [0.25, 0.3) is 17.1 Å². The van der Waals surface area contributed by atoms with Crippen LogP contribution in [0.2, 0.25) is 0 Å². The molecule has 3 aromatic rings. The van der Waals surface area contributed by atoms with E-state index in [0.717, 1.165) is 6.42 Å². The molecule has 8 nitrogen and oxygen atoms in total. The highest BCUT2D eigenvalue weighted by atomic mass is 16.3. The summed E-state index contributed by atoms with van der Waals surface area (Å²) in [6.45, 7) is 5.68. The minimum Gasteiger partial charge on any atom is -0.463 e. The summed E-state index contributed by atoms with van der Waals surface area (Å²) in [7, 11) is 0. The molecular formula is C19H21N5O3. The second-order valence-corrected chi connectivity index (χ2v) is 7.31. The molecule has 1 fully saturated rings. The molecule has 27 heavy (non-hydrogen) atoms. The third-order valence-electron chi connectivity index (χ3n) is 4.88. The third-order valence-corrected chi connectivity index (χ3v) is 4.88. The molecule has 0 aliphatic carbocycles. The standard InChI is InChI=1S/C19H21N5O3/c1-11-6-12(2)9-23(8-11)19(26)14-7-13(15-4-3-5-27-15)22-18-16(17(20)25)21-10-24(14)18/h3-5,7,10-12H,6,8-9H2,1-2H3,(H2,20,25)/t11-,12-/m1/s1. The van der Waals surface area contributed by atoms with E-state index in [1.807, 2.05) is 4.90 Å². The SMILES string of the molecule is C[C@@H]1C[C@@H](C)CN(C(=O)c2cc(-c3ccco3)nc3c(C(N)=O)ncn23)C1. The summed E-state index contributed by atoms with van der Waals surface area (Å²) in [5.74, 6) is 0.554. The zero-order valence-electron chi connectivity index (χ0n) is 15.3. The van der Waals surface area contributed by atoms with Crippen LogP contribution < -0.4 is 5.73 Å². The summed E-state index contributed by atoms with van der Waals surface area (Å²) < 4.78 is 6.95. The van der Waals surface area contributed by atoms with E-state index in [2.05, 4.69) is 23.8 Å². The first-order valence-electron chi connectivity index (χ1n) is 8.95. The van der Waals surface area contributed by atoms with Gasteiger partial charge in [0.25, 0.3) is 11.8 Å². The Hall–Kier alpha value is -3.16. The summed E-state index contributed by atoms with van der Waals surface area (Å²) in [5.41, 5.74) is 6.54. The molecule has 2 N–H and O–H groups in total. The summed E-state index contributed by atoms with van der Waals surface area (Å²) in [6.07, 6.45) is 4.05. The van der Waals surface area contributed by atoms with Crippen LogP contribution in [0, 0.1) is 11.8 Å². The molecule has 0 saturated carbocycles. The maximum absolute atomic E-state index is 13.3. The van der Waals surface area contributed by atoms with Crippen molar-refractivity contribution in [3.63, 3.8) is 0 Å². The first-order valence-corrected chi connectivity index (χ1v) is 8.95. The number of carbonyl (C=O) groups excluding carboxylic acids is 2. The summed E-state index contributed by atoms with van der Waals surface area (Å²) in [4.78, 5) is 35.4. The maximum Gasteiger partial charge on any atom is 0.271 e. The van der Waals surface area contributed by atoms with Gasteiger partial charge in [-0.1, -0.05) is 13.8 Å². The number of nitrogens with zero attached hydrogens (tertiary/aromatic N) is 4. The van der Waals surface area contributed by atoms with Crippen molar-refractivity contribution in [1.29, 1.82) is 0 Å². The van der Waals surface area contributed by atoms with Crippen molar-refractivity contribution in [2.75, 3.05) is 13.1 Å². The number of likely N-dealkylation sites (tertiary alicyclic amines) is 1. The maximum atomic E-state index is 13.3. The number of rotatable bonds is 3. The van der Waals surface area contributed by atoms with Crippen LogP contribution in [0.5, 0.6) is 0 Å². The first kappa shape index (κ1) is 17.3. The van der Waals surface area contributed by atoms with Gasteiger partial charge < -0.3 is 15.1 Å². The van der Waals surface area contributed by atoms with Gasteiger partial charge in [-0.15, -0.1) is 0 Å². The molecule has 2 amide bonds. The van der Waals surface area contributed by atoms with E-state index in [1.54, 1.807) is 18.2 Å². The van der Waals surface area contributed by atoms with E-state index in [1.165, 1.54) is 17.0 Å². The van der Waals surface area contributed by atoms with E-state index < -0.39 is 5.91 Å². The third kappa shape index (κ3) is 3.07. The molecule has 1 saturated heterocycles. The Labute approximate surface area is 156 Å². The van der Waals surface area contributed by atoms with Gasteiger partial charge in [0.05, 0.1) is 6.26 Å². The Kier molecular flexibility index (Phi) is 4.18. The molecule has 0 aromatic carbocycles. The molecule has 1 aliphatic rings. The summed E-state index contributed by atoms with van der Waals surface area (Å²) >= 11 is 0. The average Bonchev–Trinajstić information content (AvgIpc) is 3.28. The number of hydrogen-bond acceptors (Lipinski definition) is 5. The van der Waals surface area contributed by atoms with Gasteiger partial charge in [0.2, 0.25) is 0 Å². The Morgan fingerprint density at radius 3 is 2.63 bits per heavy atom. The van der Waals surface area contributed by atoms with Gasteiger partial charge in [0.15, 0.2) is 17.1 Å². The molecule has 0 radical (unpaired) electrons. The zero-order valence-corrected chi connectivity index (χ0v) is 15.3. The number of aromatic nitrogens is 3. The largest absolute Gasteiger partial charge is 0.463 e. The van der Waals surface area contributed by atoms with E-state index >= 15 is 0 Å². The van der Waals surface area contributed by atoms with Crippen molar-refractivity contribution in [3.8, 4) is 11.5 Å². The molecule has 0 spiro atoms. The second-order valence-electron chi connectivity index (χ2n) is 7.31. The number of carbonyl (C=O) groups is 2. The van der Waals surface area contributed by atoms with Crippen LogP contribution in [-0.4, -0.2) is 44.2 Å². The van der Waals surface area contributed by atoms with E-state index in [0.29, 0.717) is 42.1 Å². The minimum atomic E-state index is -0.694. The molecule has 0 unspecified atom stereocenters. The Bertz CT molecular complexity index is 998. The zero-order chi connectivity index (χ0) is 19.1. The smallest absolute Gasteiger partial charge is 0.271 e. The van der Waals surface area contributed by atoms with Crippen LogP contribution >= 0.6 is 0 Å². The quantitative estimate of drug-likeness (QED) is 0.764. The number of nitrogens with two attached hydrogens (primary N) is 1. The Morgan fingerprint density at radius 2 is 2.00 bits per heavy atom. The Morgan fingerprint density at radius 1 is 1.26 bits per heavy atom. The van der Waals surface area contributed by atoms with E-state index in [4.69, 9.17) is 10.2 Å². The lowest BCUT2D eigenvalue weighted by Gasteiger charge is -2.35. The topological polar surface area (TPSA) is 107 Å². The monoisotopic (exact) mass is 367 g/mol. The van der Waals surface area contributed by atoms with Gasteiger partial charge in [0, 0.05) is 13.1 Å². The number of fused-ring (bicyclic) bond motifs is 1. The lowest BCUT2D eigenvalue weighted by atomic mass is 9.91. The number of furan rings is 1. The highest BCUT2D eigenvalue weighted by Gasteiger charge is 2.29. The second kappa shape index (κ2) is 6.53. The molecule has 2 atom stereocenters. The van der Waals surface area contributed by atoms with Gasteiger partial charge in [-0.05, 0) is 36.5 Å². The van der Waals surface area contributed by atoms with Crippen molar-refractivity contribution in [3.05, 3.63) is 42.2 Å². The van der Waals surface area contributed by atoms with Crippen molar-refractivity contribution in [2.24, 2.45) is 17.6 Å².